The Morgan fingerprint density at radius 3 is 2.76 bits per heavy atom. The van der Waals surface area contributed by atoms with E-state index >= 15 is 0 Å². The van der Waals surface area contributed by atoms with Crippen molar-refractivity contribution in [1.82, 2.24) is 24.4 Å². The highest BCUT2D eigenvalue weighted by atomic mass is 79.9. The number of aliphatic hydroxyl groups excluding tert-OH is 1. The van der Waals surface area contributed by atoms with E-state index in [0.29, 0.717) is 22.8 Å². The van der Waals surface area contributed by atoms with Crippen LogP contribution in [0.4, 0.5) is 0 Å². The monoisotopic (exact) mass is 452 g/mol. The van der Waals surface area contributed by atoms with E-state index < -0.39 is 6.10 Å². The maximum absolute atomic E-state index is 10.2. The van der Waals surface area contributed by atoms with Crippen LogP contribution in [0.15, 0.2) is 41.1 Å². The minimum atomic E-state index is -0.749. The molecule has 0 aliphatic rings. The summed E-state index contributed by atoms with van der Waals surface area (Å²) in [5.41, 5.74) is 3.94. The molecular formula is C20H17BrN6O2. The second kappa shape index (κ2) is 7.31. The largest absolute Gasteiger partial charge is 0.495 e. The smallest absolute Gasteiger partial charge is 0.163 e. The molecule has 146 valence electrons. The van der Waals surface area contributed by atoms with Crippen molar-refractivity contribution in [2.75, 3.05) is 7.11 Å². The minimum absolute atomic E-state index is 0.289. The number of aromatic nitrogens is 5. The first-order valence-electron chi connectivity index (χ1n) is 8.80. The molecule has 29 heavy (non-hydrogen) atoms. The van der Waals surface area contributed by atoms with Gasteiger partial charge in [0.2, 0.25) is 0 Å². The van der Waals surface area contributed by atoms with Gasteiger partial charge >= 0.3 is 0 Å². The molecule has 9 heteroatoms. The van der Waals surface area contributed by atoms with Crippen LogP contribution in [0.5, 0.6) is 5.75 Å². The Morgan fingerprint density at radius 1 is 1.31 bits per heavy atom. The van der Waals surface area contributed by atoms with Gasteiger partial charge in [0, 0.05) is 29.1 Å². The summed E-state index contributed by atoms with van der Waals surface area (Å²) < 4.78 is 9.50. The number of nitriles is 1. The summed E-state index contributed by atoms with van der Waals surface area (Å²) >= 11 is 3.46. The zero-order valence-electron chi connectivity index (χ0n) is 16.0. The average Bonchev–Trinajstić information content (AvgIpc) is 3.29. The first kappa shape index (κ1) is 19.1. The summed E-state index contributed by atoms with van der Waals surface area (Å²) in [6, 6.07) is 9.24. The Balaban J connectivity index is 1.93. The molecule has 4 aromatic rings. The summed E-state index contributed by atoms with van der Waals surface area (Å²) in [5, 5.41) is 28.1. The first-order valence-corrected chi connectivity index (χ1v) is 9.59. The quantitative estimate of drug-likeness (QED) is 0.507. The third kappa shape index (κ3) is 3.26. The number of hydrogen-bond donors (Lipinski definition) is 1. The Labute approximate surface area is 175 Å². The van der Waals surface area contributed by atoms with Gasteiger partial charge in [0.15, 0.2) is 11.5 Å². The number of halogens is 1. The molecule has 1 N–H and O–H groups in total. The molecular weight excluding hydrogens is 436 g/mol. The van der Waals surface area contributed by atoms with Gasteiger partial charge in [0.25, 0.3) is 0 Å². The SMILES string of the molecule is COc1cc2c(-c3ccc(C(C)O)c(-n4nc(C#N)cc4C)n3)cnn2cc1Br. The van der Waals surface area contributed by atoms with E-state index in [-0.39, 0.29) is 5.69 Å². The van der Waals surface area contributed by atoms with Gasteiger partial charge in [-0.05, 0) is 41.9 Å². The molecule has 8 nitrogen and oxygen atoms in total. The molecule has 0 amide bonds. The molecule has 0 spiro atoms. The maximum Gasteiger partial charge on any atom is 0.163 e. The van der Waals surface area contributed by atoms with Gasteiger partial charge in [-0.25, -0.2) is 14.2 Å². The number of aryl methyl sites for hydroxylation is 1. The van der Waals surface area contributed by atoms with Crippen molar-refractivity contribution in [1.29, 1.82) is 5.26 Å². The lowest BCUT2D eigenvalue weighted by molar-refractivity contribution is 0.198. The molecule has 4 aromatic heterocycles. The van der Waals surface area contributed by atoms with Gasteiger partial charge in [-0.2, -0.15) is 15.5 Å². The van der Waals surface area contributed by atoms with Gasteiger partial charge in [-0.15, -0.1) is 0 Å². The summed E-state index contributed by atoms with van der Waals surface area (Å²) in [6.45, 7) is 3.51. The van der Waals surface area contributed by atoms with Crippen LogP contribution in [0.25, 0.3) is 22.6 Å². The van der Waals surface area contributed by atoms with Crippen LogP contribution < -0.4 is 4.74 Å². The topological polar surface area (TPSA) is 101 Å². The van der Waals surface area contributed by atoms with E-state index in [1.165, 1.54) is 0 Å². The van der Waals surface area contributed by atoms with Crippen LogP contribution in [-0.2, 0) is 0 Å². The number of aliphatic hydroxyl groups is 1. The lowest BCUT2D eigenvalue weighted by Crippen LogP contribution is -2.09. The van der Waals surface area contributed by atoms with Crippen molar-refractivity contribution in [3.05, 3.63) is 58.1 Å². The summed E-state index contributed by atoms with van der Waals surface area (Å²) in [4.78, 5) is 4.77. The summed E-state index contributed by atoms with van der Waals surface area (Å²) in [6.07, 6.45) is 2.80. The third-order valence-corrected chi connectivity index (χ3v) is 5.22. The van der Waals surface area contributed by atoms with E-state index in [4.69, 9.17) is 9.72 Å². The Bertz CT molecular complexity index is 1270. The first-order chi connectivity index (χ1) is 13.9. The minimum Gasteiger partial charge on any atom is -0.495 e. The Hall–Kier alpha value is -3.22. The second-order valence-corrected chi connectivity index (χ2v) is 7.41. The van der Waals surface area contributed by atoms with Crippen LogP contribution in [0.3, 0.4) is 0 Å². The lowest BCUT2D eigenvalue weighted by Gasteiger charge is -2.14. The van der Waals surface area contributed by atoms with Crippen molar-refractivity contribution in [3.63, 3.8) is 0 Å². The summed E-state index contributed by atoms with van der Waals surface area (Å²) in [7, 11) is 1.60. The average molecular weight is 453 g/mol. The van der Waals surface area contributed by atoms with E-state index in [9.17, 15) is 10.4 Å². The van der Waals surface area contributed by atoms with Gasteiger partial charge in [0.05, 0.1) is 35.1 Å². The Morgan fingerprint density at radius 2 is 2.10 bits per heavy atom. The zero-order valence-corrected chi connectivity index (χ0v) is 17.5. The molecule has 0 aliphatic carbocycles. The molecule has 4 heterocycles. The number of ether oxygens (including phenoxy) is 1. The van der Waals surface area contributed by atoms with Crippen molar-refractivity contribution in [2.45, 2.75) is 20.0 Å². The van der Waals surface area contributed by atoms with Crippen molar-refractivity contribution >= 4 is 21.4 Å². The molecule has 0 saturated heterocycles. The highest BCUT2D eigenvalue weighted by molar-refractivity contribution is 9.10. The van der Waals surface area contributed by atoms with Gasteiger partial charge in [-0.3, -0.25) is 0 Å². The van der Waals surface area contributed by atoms with E-state index in [2.05, 4.69) is 26.1 Å². The molecule has 4 rings (SSSR count). The number of pyridine rings is 2. The van der Waals surface area contributed by atoms with Crippen molar-refractivity contribution < 1.29 is 9.84 Å². The molecule has 0 bridgehead atoms. The second-order valence-electron chi connectivity index (χ2n) is 6.56. The molecule has 1 atom stereocenters. The molecule has 0 aliphatic heterocycles. The lowest BCUT2D eigenvalue weighted by atomic mass is 10.1. The third-order valence-electron chi connectivity index (χ3n) is 4.63. The molecule has 0 aromatic carbocycles. The zero-order chi connectivity index (χ0) is 20.7. The van der Waals surface area contributed by atoms with Crippen LogP contribution in [0, 0.1) is 18.3 Å². The van der Waals surface area contributed by atoms with E-state index in [1.54, 1.807) is 35.5 Å². The normalized spacial score (nSPS) is 12.1. The van der Waals surface area contributed by atoms with Crippen molar-refractivity contribution in [3.8, 4) is 28.9 Å². The van der Waals surface area contributed by atoms with Gasteiger partial charge in [0.1, 0.15) is 11.8 Å². The van der Waals surface area contributed by atoms with Crippen LogP contribution in [-0.4, -0.2) is 36.6 Å². The molecule has 0 fully saturated rings. The highest BCUT2D eigenvalue weighted by Gasteiger charge is 2.18. The number of methoxy groups -OCH3 is 1. The fourth-order valence-corrected chi connectivity index (χ4v) is 3.66. The highest BCUT2D eigenvalue weighted by Crippen LogP contribution is 2.32. The summed E-state index contributed by atoms with van der Waals surface area (Å²) in [5.74, 6) is 1.15. The standard InChI is InChI=1S/C20H17BrN6O2/c1-11-6-13(8-22)25-27(11)20-14(12(2)28)4-5-17(24-20)15-9-23-26-10-16(21)19(29-3)7-18(15)26/h4-7,9-10,12,28H,1-3H3. The van der Waals surface area contributed by atoms with Crippen LogP contribution in [0.2, 0.25) is 0 Å². The molecule has 0 radical (unpaired) electrons. The number of rotatable bonds is 4. The Kier molecular flexibility index (Phi) is 4.82. The number of fused-ring (bicyclic) bond motifs is 1. The predicted molar refractivity (Wildman–Crippen MR) is 110 cm³/mol. The fraction of sp³-hybridized carbons (Fsp3) is 0.200. The number of nitrogens with zero attached hydrogens (tertiary/aromatic N) is 6. The van der Waals surface area contributed by atoms with Gasteiger partial charge < -0.3 is 9.84 Å². The van der Waals surface area contributed by atoms with E-state index in [0.717, 1.165) is 21.2 Å². The fourth-order valence-electron chi connectivity index (χ4n) is 3.18. The van der Waals surface area contributed by atoms with Crippen LogP contribution >= 0.6 is 15.9 Å². The van der Waals surface area contributed by atoms with E-state index in [1.807, 2.05) is 37.4 Å². The number of hydrogen-bond acceptors (Lipinski definition) is 6. The predicted octanol–water partition coefficient (Wildman–Crippen LogP) is 3.59. The van der Waals surface area contributed by atoms with Crippen molar-refractivity contribution in [2.24, 2.45) is 0 Å². The molecule has 0 saturated carbocycles. The van der Waals surface area contributed by atoms with Gasteiger partial charge in [-0.1, -0.05) is 6.07 Å². The molecule has 1 unspecified atom stereocenters. The van der Waals surface area contributed by atoms with Crippen LogP contribution in [0.1, 0.15) is 30.0 Å². The maximum atomic E-state index is 10.2.